The van der Waals surface area contributed by atoms with Crippen LogP contribution in [0.1, 0.15) is 36.1 Å². The number of carboxylic acid groups (broad SMARTS) is 1. The standard InChI is InChI=1S/C29H25F3N2O5S/c1-2-13-33-17-24(28(36)37)34-25(35)16-21(14-19-9-5-8-18-7-3-4-12-23(18)19)26(27(34)40(33,38)39)20-10-6-11-22(15-20)29(30,31)32/h3-12,15-16,24H,2,13-14,17H2,1H3,(H,36,37)/t24-/m1/s1. The lowest BCUT2D eigenvalue weighted by molar-refractivity contribution is -0.141. The van der Waals surface area contributed by atoms with Gasteiger partial charge in [0.2, 0.25) is 0 Å². The van der Waals surface area contributed by atoms with Gasteiger partial charge in [0, 0.05) is 24.7 Å². The lowest BCUT2D eigenvalue weighted by atomic mass is 9.93. The summed E-state index contributed by atoms with van der Waals surface area (Å²) in [7, 11) is -4.47. The molecule has 11 heteroatoms. The van der Waals surface area contributed by atoms with Crippen molar-refractivity contribution in [2.24, 2.45) is 0 Å². The predicted molar refractivity (Wildman–Crippen MR) is 144 cm³/mol. The minimum absolute atomic E-state index is 0.0180. The molecule has 7 nitrogen and oxygen atoms in total. The number of carbonyl (C=O) groups is 1. The number of fused-ring (bicyclic) bond motifs is 2. The number of nitrogens with zero attached hydrogens (tertiary/aromatic N) is 2. The summed E-state index contributed by atoms with van der Waals surface area (Å²) in [4.78, 5) is 25.7. The monoisotopic (exact) mass is 570 g/mol. The Hall–Kier alpha value is -3.96. The van der Waals surface area contributed by atoms with Gasteiger partial charge in [0.05, 0.1) is 5.56 Å². The van der Waals surface area contributed by atoms with Gasteiger partial charge in [0.15, 0.2) is 5.03 Å². The highest BCUT2D eigenvalue weighted by atomic mass is 32.2. The molecule has 1 aliphatic heterocycles. The van der Waals surface area contributed by atoms with E-state index < -0.39 is 50.9 Å². The molecular weight excluding hydrogens is 545 g/mol. The second-order valence-electron chi connectivity index (χ2n) is 9.67. The largest absolute Gasteiger partial charge is 0.480 e. The van der Waals surface area contributed by atoms with Crippen molar-refractivity contribution < 1.29 is 31.5 Å². The molecule has 2 heterocycles. The smallest absolute Gasteiger partial charge is 0.416 e. The second-order valence-corrected chi connectivity index (χ2v) is 11.5. The van der Waals surface area contributed by atoms with Crippen molar-refractivity contribution in [3.8, 4) is 11.1 Å². The average molecular weight is 571 g/mol. The van der Waals surface area contributed by atoms with Gasteiger partial charge in [0.25, 0.3) is 15.6 Å². The SMILES string of the molecule is CCCN1C[C@H](C(=O)O)n2c(c(-c3cccc(C(F)(F)F)c3)c(Cc3cccc4ccccc34)cc2=O)S1(=O)=O. The number of pyridine rings is 1. The fourth-order valence-electron chi connectivity index (χ4n) is 5.29. The Kier molecular flexibility index (Phi) is 7.05. The normalized spacial score (nSPS) is 17.1. The van der Waals surface area contributed by atoms with E-state index in [0.29, 0.717) is 11.0 Å². The first kappa shape index (κ1) is 27.6. The van der Waals surface area contributed by atoms with E-state index >= 15 is 0 Å². The zero-order valence-corrected chi connectivity index (χ0v) is 22.2. The molecule has 4 aromatic rings. The highest BCUT2D eigenvalue weighted by Crippen LogP contribution is 2.40. The molecule has 0 spiro atoms. The van der Waals surface area contributed by atoms with Gasteiger partial charge in [-0.05, 0) is 52.4 Å². The first-order valence-corrected chi connectivity index (χ1v) is 14.0. The molecule has 0 saturated heterocycles. The Labute approximate surface area is 228 Å². The van der Waals surface area contributed by atoms with Crippen molar-refractivity contribution in [2.75, 3.05) is 13.1 Å². The number of rotatable bonds is 6. The summed E-state index contributed by atoms with van der Waals surface area (Å²) < 4.78 is 70.8. The summed E-state index contributed by atoms with van der Waals surface area (Å²) in [6.45, 7) is 1.23. The highest BCUT2D eigenvalue weighted by molar-refractivity contribution is 7.89. The molecule has 0 saturated carbocycles. The Bertz CT molecular complexity index is 1790. The summed E-state index contributed by atoms with van der Waals surface area (Å²) in [5.41, 5.74) is -1.15. The zero-order valence-electron chi connectivity index (χ0n) is 21.4. The minimum atomic E-state index is -4.71. The second kappa shape index (κ2) is 10.2. The van der Waals surface area contributed by atoms with Gasteiger partial charge in [-0.3, -0.25) is 9.36 Å². The number of sulfonamides is 1. The van der Waals surface area contributed by atoms with E-state index in [1.807, 2.05) is 30.3 Å². The highest BCUT2D eigenvalue weighted by Gasteiger charge is 2.43. The molecule has 3 aromatic carbocycles. The maximum absolute atomic E-state index is 14.0. The minimum Gasteiger partial charge on any atom is -0.480 e. The number of hydrogen-bond donors (Lipinski definition) is 1. The third-order valence-corrected chi connectivity index (χ3v) is 8.96. The van der Waals surface area contributed by atoms with E-state index in [-0.39, 0.29) is 29.7 Å². The number of hydrogen-bond acceptors (Lipinski definition) is 4. The quantitative estimate of drug-likeness (QED) is 0.339. The molecule has 0 bridgehead atoms. The van der Waals surface area contributed by atoms with Crippen molar-refractivity contribution in [1.29, 1.82) is 0 Å². The molecular formula is C29H25F3N2O5S. The van der Waals surface area contributed by atoms with Crippen LogP contribution in [0.4, 0.5) is 13.2 Å². The molecule has 0 unspecified atom stereocenters. The summed E-state index contributed by atoms with van der Waals surface area (Å²) in [6.07, 6.45) is -4.32. The molecule has 0 fully saturated rings. The van der Waals surface area contributed by atoms with Gasteiger partial charge in [-0.1, -0.05) is 61.5 Å². The van der Waals surface area contributed by atoms with Crippen LogP contribution >= 0.6 is 0 Å². The molecule has 5 rings (SSSR count). The summed E-state index contributed by atoms with van der Waals surface area (Å²) in [5, 5.41) is 11.1. The lowest BCUT2D eigenvalue weighted by Gasteiger charge is -2.35. The Morgan fingerprint density at radius 3 is 2.40 bits per heavy atom. The van der Waals surface area contributed by atoms with Gasteiger partial charge < -0.3 is 5.11 Å². The van der Waals surface area contributed by atoms with Crippen molar-refractivity contribution in [3.63, 3.8) is 0 Å². The number of benzene rings is 3. The van der Waals surface area contributed by atoms with E-state index in [4.69, 9.17) is 0 Å². The van der Waals surface area contributed by atoms with Crippen LogP contribution in [-0.2, 0) is 27.4 Å². The van der Waals surface area contributed by atoms with Crippen molar-refractivity contribution in [3.05, 3.63) is 99.8 Å². The molecule has 1 aromatic heterocycles. The molecule has 0 amide bonds. The third-order valence-electron chi connectivity index (χ3n) is 7.06. The number of halogens is 3. The van der Waals surface area contributed by atoms with Crippen molar-refractivity contribution in [1.82, 2.24) is 8.87 Å². The van der Waals surface area contributed by atoms with Gasteiger partial charge in [-0.15, -0.1) is 0 Å². The number of carboxylic acids is 1. The lowest BCUT2D eigenvalue weighted by Crippen LogP contribution is -2.49. The van der Waals surface area contributed by atoms with Gasteiger partial charge in [-0.2, -0.15) is 17.5 Å². The zero-order chi connectivity index (χ0) is 28.8. The molecule has 1 atom stereocenters. The summed E-state index contributed by atoms with van der Waals surface area (Å²) in [5.74, 6) is -1.42. The fraction of sp³-hybridized carbons (Fsp3) is 0.241. The van der Waals surface area contributed by atoms with Crippen molar-refractivity contribution in [2.45, 2.75) is 37.0 Å². The van der Waals surface area contributed by atoms with Crippen LogP contribution in [0.25, 0.3) is 21.9 Å². The van der Waals surface area contributed by atoms with Gasteiger partial charge in [-0.25, -0.2) is 13.2 Å². The van der Waals surface area contributed by atoms with E-state index in [1.54, 1.807) is 19.1 Å². The topological polar surface area (TPSA) is 96.7 Å². The van der Waals surface area contributed by atoms with Crippen LogP contribution in [0.3, 0.4) is 0 Å². The van der Waals surface area contributed by atoms with Crippen LogP contribution in [0, 0.1) is 0 Å². The maximum Gasteiger partial charge on any atom is 0.416 e. The van der Waals surface area contributed by atoms with Crippen LogP contribution in [0.2, 0.25) is 0 Å². The molecule has 40 heavy (non-hydrogen) atoms. The van der Waals surface area contributed by atoms with E-state index in [2.05, 4.69) is 0 Å². The van der Waals surface area contributed by atoms with E-state index in [9.17, 15) is 36.3 Å². The number of aliphatic carboxylic acids is 1. The summed E-state index contributed by atoms with van der Waals surface area (Å²) >= 11 is 0. The van der Waals surface area contributed by atoms with Gasteiger partial charge in [0.1, 0.15) is 6.04 Å². The Morgan fingerprint density at radius 2 is 1.70 bits per heavy atom. The Morgan fingerprint density at radius 1 is 1.00 bits per heavy atom. The van der Waals surface area contributed by atoms with Crippen LogP contribution < -0.4 is 5.56 Å². The summed E-state index contributed by atoms with van der Waals surface area (Å²) in [6, 6.07) is 16.7. The van der Waals surface area contributed by atoms with Crippen LogP contribution in [-0.4, -0.2) is 41.5 Å². The molecule has 1 N–H and O–H groups in total. The van der Waals surface area contributed by atoms with Crippen LogP contribution in [0.5, 0.6) is 0 Å². The molecule has 1 aliphatic rings. The van der Waals surface area contributed by atoms with Crippen LogP contribution in [0.15, 0.2) is 82.6 Å². The van der Waals surface area contributed by atoms with Crippen molar-refractivity contribution >= 4 is 26.8 Å². The predicted octanol–water partition coefficient (Wildman–Crippen LogP) is 5.32. The maximum atomic E-state index is 14.0. The molecule has 0 radical (unpaired) electrons. The average Bonchev–Trinajstić information content (AvgIpc) is 2.90. The van der Waals surface area contributed by atoms with E-state index in [0.717, 1.165) is 44.9 Å². The first-order chi connectivity index (χ1) is 18.9. The molecule has 0 aliphatic carbocycles. The van der Waals surface area contributed by atoms with E-state index in [1.165, 1.54) is 6.07 Å². The number of aromatic nitrogens is 1. The third kappa shape index (κ3) is 4.79. The van der Waals surface area contributed by atoms with Gasteiger partial charge >= 0.3 is 12.1 Å². The first-order valence-electron chi connectivity index (χ1n) is 12.6. The molecule has 208 valence electrons. The Balaban J connectivity index is 1.88. The number of alkyl halides is 3. The fourth-order valence-corrected chi connectivity index (χ4v) is 7.27.